The number of fused-ring (bicyclic) bond motifs is 1. The van der Waals surface area contributed by atoms with E-state index in [4.69, 9.17) is 16.3 Å². The minimum absolute atomic E-state index is 0.183. The van der Waals surface area contributed by atoms with Crippen LogP contribution in [-0.4, -0.2) is 56.3 Å². The molecule has 1 aliphatic rings. The zero-order chi connectivity index (χ0) is 19.8. The Hall–Kier alpha value is -2.48. The van der Waals surface area contributed by atoms with E-state index in [-0.39, 0.29) is 12.5 Å². The molecule has 3 aromatic rings. The van der Waals surface area contributed by atoms with Crippen LogP contribution in [0.2, 0.25) is 5.02 Å². The van der Waals surface area contributed by atoms with E-state index in [1.165, 1.54) is 0 Å². The fraction of sp³-hybridized carbons (Fsp3) is 0.350. The summed E-state index contributed by atoms with van der Waals surface area (Å²) in [5, 5.41) is 10.4. The number of carbonyl (C=O) groups is 1. The van der Waals surface area contributed by atoms with Crippen molar-refractivity contribution in [2.75, 3.05) is 19.8 Å². The number of morpholine rings is 1. The number of aromatic nitrogens is 3. The molecular weight excluding hydrogens is 380 g/mol. The van der Waals surface area contributed by atoms with Gasteiger partial charge in [-0.3, -0.25) is 4.79 Å². The molecule has 1 aliphatic heterocycles. The lowest BCUT2D eigenvalue weighted by Crippen LogP contribution is -2.49. The van der Waals surface area contributed by atoms with Gasteiger partial charge in [-0.05, 0) is 24.6 Å². The molecule has 1 amide bonds. The number of hydrogen-bond acceptors (Lipinski definition) is 5. The molecular formula is C20H21ClN4O3. The van der Waals surface area contributed by atoms with Crippen molar-refractivity contribution in [1.29, 1.82) is 0 Å². The van der Waals surface area contributed by atoms with Crippen molar-refractivity contribution in [2.45, 2.75) is 19.1 Å². The molecule has 0 saturated carbocycles. The minimum atomic E-state index is -0.555. The van der Waals surface area contributed by atoms with Gasteiger partial charge in [0.2, 0.25) is 0 Å². The van der Waals surface area contributed by atoms with Gasteiger partial charge in [-0.15, -0.1) is 0 Å². The van der Waals surface area contributed by atoms with Crippen LogP contribution >= 0.6 is 11.6 Å². The van der Waals surface area contributed by atoms with Gasteiger partial charge in [0.1, 0.15) is 17.4 Å². The summed E-state index contributed by atoms with van der Waals surface area (Å²) in [6.45, 7) is 2.39. The first-order valence-corrected chi connectivity index (χ1v) is 9.46. The van der Waals surface area contributed by atoms with Gasteiger partial charge in [0.15, 0.2) is 5.65 Å². The molecule has 0 unspecified atom stereocenters. The monoisotopic (exact) mass is 400 g/mol. The predicted molar refractivity (Wildman–Crippen MR) is 105 cm³/mol. The van der Waals surface area contributed by atoms with Gasteiger partial charge in [-0.25, -0.2) is 9.97 Å². The Morgan fingerprint density at radius 2 is 2.14 bits per heavy atom. The minimum Gasteiger partial charge on any atom is -0.394 e. The van der Waals surface area contributed by atoms with Crippen molar-refractivity contribution < 1.29 is 14.6 Å². The fourth-order valence-corrected chi connectivity index (χ4v) is 3.96. The Balaban J connectivity index is 1.81. The summed E-state index contributed by atoms with van der Waals surface area (Å²) >= 11 is 6.41. The number of hydrogen-bond donors (Lipinski definition) is 1. The number of carbonyl (C=O) groups excluding carboxylic acids is 1. The highest BCUT2D eigenvalue weighted by Crippen LogP contribution is 2.35. The highest BCUT2D eigenvalue weighted by molar-refractivity contribution is 6.31. The summed E-state index contributed by atoms with van der Waals surface area (Å²) in [5.41, 5.74) is 2.45. The lowest BCUT2D eigenvalue weighted by atomic mass is 9.97. The standard InChI is InChI=1S/C20H21ClN4O3/c1-12-23-17-14(7-8-22-19(17)24(12)2)20(27)25-9-10-28-16(11-26)18(25)13-5-3-4-6-15(13)21/h3-8,16,18,26H,9-11H2,1-2H3/t16-,18-/m0/s1. The second-order valence-electron chi connectivity index (χ2n) is 6.81. The Morgan fingerprint density at radius 1 is 1.36 bits per heavy atom. The van der Waals surface area contributed by atoms with Gasteiger partial charge < -0.3 is 19.3 Å². The lowest BCUT2D eigenvalue weighted by Gasteiger charge is -2.41. The third-order valence-corrected chi connectivity index (χ3v) is 5.57. The number of ether oxygens (including phenoxy) is 1. The third kappa shape index (κ3) is 3.05. The molecule has 1 aromatic carbocycles. The Bertz CT molecular complexity index is 1040. The summed E-state index contributed by atoms with van der Waals surface area (Å²) in [4.78, 5) is 24.2. The van der Waals surface area contributed by atoms with E-state index in [1.54, 1.807) is 23.2 Å². The first-order chi connectivity index (χ1) is 13.5. The maximum atomic E-state index is 13.6. The highest BCUT2D eigenvalue weighted by atomic mass is 35.5. The van der Waals surface area contributed by atoms with Gasteiger partial charge in [0, 0.05) is 24.8 Å². The molecule has 28 heavy (non-hydrogen) atoms. The average Bonchev–Trinajstić information content (AvgIpc) is 3.01. The van der Waals surface area contributed by atoms with Crippen molar-refractivity contribution >= 4 is 28.7 Å². The molecule has 0 aliphatic carbocycles. The number of aliphatic hydroxyl groups excluding tert-OH is 1. The van der Waals surface area contributed by atoms with Crippen LogP contribution < -0.4 is 0 Å². The van der Waals surface area contributed by atoms with Crippen LogP contribution in [-0.2, 0) is 11.8 Å². The van der Waals surface area contributed by atoms with Crippen LogP contribution in [0.3, 0.4) is 0 Å². The molecule has 3 heterocycles. The largest absolute Gasteiger partial charge is 0.394 e. The molecule has 8 heteroatoms. The summed E-state index contributed by atoms with van der Waals surface area (Å²) in [6.07, 6.45) is 1.06. The maximum absolute atomic E-state index is 13.6. The van der Waals surface area contributed by atoms with Crippen molar-refractivity contribution in [1.82, 2.24) is 19.4 Å². The third-order valence-electron chi connectivity index (χ3n) is 5.23. The number of amides is 1. The molecule has 0 bridgehead atoms. The lowest BCUT2D eigenvalue weighted by molar-refractivity contribution is -0.0810. The van der Waals surface area contributed by atoms with E-state index in [0.717, 1.165) is 11.4 Å². The number of pyridine rings is 1. The number of aryl methyl sites for hydroxylation is 2. The molecule has 4 rings (SSSR count). The van der Waals surface area contributed by atoms with E-state index in [2.05, 4.69) is 9.97 Å². The van der Waals surface area contributed by atoms with Crippen molar-refractivity contribution in [3.63, 3.8) is 0 Å². The molecule has 0 radical (unpaired) electrons. The summed E-state index contributed by atoms with van der Waals surface area (Å²) in [6, 6.07) is 8.52. The van der Waals surface area contributed by atoms with Crippen molar-refractivity contribution in [3.05, 3.63) is 58.5 Å². The Morgan fingerprint density at radius 3 is 2.89 bits per heavy atom. The Labute approximate surface area is 167 Å². The first kappa shape index (κ1) is 18.9. The van der Waals surface area contributed by atoms with E-state index in [9.17, 15) is 9.90 Å². The molecule has 7 nitrogen and oxygen atoms in total. The number of benzene rings is 1. The van der Waals surface area contributed by atoms with E-state index >= 15 is 0 Å². The fourth-order valence-electron chi connectivity index (χ4n) is 3.71. The maximum Gasteiger partial charge on any atom is 0.256 e. The molecule has 0 spiro atoms. The van der Waals surface area contributed by atoms with E-state index < -0.39 is 12.1 Å². The first-order valence-electron chi connectivity index (χ1n) is 9.08. The van der Waals surface area contributed by atoms with Gasteiger partial charge in [0.05, 0.1) is 24.8 Å². The average molecular weight is 401 g/mol. The van der Waals surface area contributed by atoms with Crippen LogP contribution in [0.5, 0.6) is 0 Å². The zero-order valence-corrected chi connectivity index (χ0v) is 16.4. The highest BCUT2D eigenvalue weighted by Gasteiger charge is 2.38. The van der Waals surface area contributed by atoms with Gasteiger partial charge in [0.25, 0.3) is 5.91 Å². The number of halogens is 1. The predicted octanol–water partition coefficient (Wildman–Crippen LogP) is 2.50. The van der Waals surface area contributed by atoms with Crippen LogP contribution in [0.4, 0.5) is 0 Å². The van der Waals surface area contributed by atoms with Crippen molar-refractivity contribution in [2.24, 2.45) is 7.05 Å². The summed E-state index contributed by atoms with van der Waals surface area (Å²) in [7, 11) is 1.87. The SMILES string of the molecule is Cc1nc2c(C(=O)N3CCO[C@@H](CO)[C@@H]3c3ccccc3Cl)ccnc2n1C. The van der Waals surface area contributed by atoms with Crippen LogP contribution in [0.1, 0.15) is 27.8 Å². The normalized spacial score (nSPS) is 19.9. The molecule has 2 aromatic heterocycles. The van der Waals surface area contributed by atoms with Crippen LogP contribution in [0.15, 0.2) is 36.5 Å². The van der Waals surface area contributed by atoms with Gasteiger partial charge >= 0.3 is 0 Å². The second-order valence-corrected chi connectivity index (χ2v) is 7.21. The number of nitrogens with zero attached hydrogens (tertiary/aromatic N) is 4. The van der Waals surface area contributed by atoms with E-state index in [0.29, 0.717) is 34.9 Å². The summed E-state index contributed by atoms with van der Waals surface area (Å²) in [5.74, 6) is 0.595. The van der Waals surface area contributed by atoms with Crippen LogP contribution in [0.25, 0.3) is 11.2 Å². The number of imidazole rings is 1. The molecule has 1 N–H and O–H groups in total. The smallest absolute Gasteiger partial charge is 0.256 e. The van der Waals surface area contributed by atoms with E-state index in [1.807, 2.05) is 36.7 Å². The number of rotatable bonds is 3. The summed E-state index contributed by atoms with van der Waals surface area (Å²) < 4.78 is 7.60. The zero-order valence-electron chi connectivity index (χ0n) is 15.7. The quantitative estimate of drug-likeness (QED) is 0.730. The molecule has 146 valence electrons. The van der Waals surface area contributed by atoms with Crippen molar-refractivity contribution in [3.8, 4) is 0 Å². The number of aliphatic hydroxyl groups is 1. The molecule has 2 atom stereocenters. The van der Waals surface area contributed by atoms with Gasteiger partial charge in [-0.1, -0.05) is 29.8 Å². The second kappa shape index (κ2) is 7.50. The van der Waals surface area contributed by atoms with Gasteiger partial charge in [-0.2, -0.15) is 0 Å². The molecule has 1 saturated heterocycles. The topological polar surface area (TPSA) is 80.5 Å². The van der Waals surface area contributed by atoms with Crippen LogP contribution in [0, 0.1) is 6.92 Å². The Kier molecular flexibility index (Phi) is 5.05. The molecule has 1 fully saturated rings.